The molecule has 0 aromatic heterocycles. The van der Waals surface area contributed by atoms with E-state index in [1.54, 1.807) is 0 Å². The second kappa shape index (κ2) is 55.0. The van der Waals surface area contributed by atoms with Crippen LogP contribution in [0.5, 0.6) is 0 Å². The van der Waals surface area contributed by atoms with Crippen LogP contribution in [-0.4, -0.2) is 37.2 Å². The van der Waals surface area contributed by atoms with Crippen molar-refractivity contribution in [1.29, 1.82) is 0 Å². The summed E-state index contributed by atoms with van der Waals surface area (Å²) in [5.41, 5.74) is 0. The second-order valence-electron chi connectivity index (χ2n) is 19.2. The Hall–Kier alpha value is -2.63. The van der Waals surface area contributed by atoms with Crippen LogP contribution in [0.25, 0.3) is 0 Å². The van der Waals surface area contributed by atoms with Crippen molar-refractivity contribution < 1.29 is 28.6 Å². The van der Waals surface area contributed by atoms with Crippen LogP contribution in [0, 0.1) is 0 Å². The maximum absolute atomic E-state index is 12.8. The molecule has 0 bridgehead atoms. The Labute approximate surface area is 409 Å². The molecule has 0 spiro atoms. The minimum atomic E-state index is -0.786. The number of unbranched alkanes of at least 4 members (excludes halogenated alkanes) is 33. The van der Waals surface area contributed by atoms with Gasteiger partial charge in [0.25, 0.3) is 0 Å². The molecule has 0 saturated heterocycles. The first-order chi connectivity index (χ1) is 32.5. The molecule has 66 heavy (non-hydrogen) atoms. The predicted octanol–water partition coefficient (Wildman–Crippen LogP) is 19.0. The zero-order chi connectivity index (χ0) is 47.9. The lowest BCUT2D eigenvalue weighted by molar-refractivity contribution is -0.167. The monoisotopic (exact) mass is 925 g/mol. The van der Waals surface area contributed by atoms with E-state index in [1.165, 1.54) is 186 Å². The van der Waals surface area contributed by atoms with E-state index in [1.807, 2.05) is 0 Å². The van der Waals surface area contributed by atoms with Crippen molar-refractivity contribution in [1.82, 2.24) is 0 Å². The minimum Gasteiger partial charge on any atom is -0.462 e. The van der Waals surface area contributed by atoms with Gasteiger partial charge < -0.3 is 14.2 Å². The Bertz CT molecular complexity index is 1150. The van der Waals surface area contributed by atoms with Crippen LogP contribution >= 0.6 is 0 Å². The molecule has 0 aromatic carbocycles. The summed E-state index contributed by atoms with van der Waals surface area (Å²) in [4.78, 5) is 38.1. The van der Waals surface area contributed by atoms with E-state index in [9.17, 15) is 14.4 Å². The molecule has 0 rings (SSSR count). The van der Waals surface area contributed by atoms with Crippen molar-refractivity contribution in [2.45, 2.75) is 303 Å². The molecule has 0 aliphatic rings. The summed E-state index contributed by atoms with van der Waals surface area (Å²) < 4.78 is 16.8. The number of hydrogen-bond acceptors (Lipinski definition) is 6. The van der Waals surface area contributed by atoms with Gasteiger partial charge in [0.1, 0.15) is 13.2 Å². The Kier molecular flexibility index (Phi) is 52.8. The fourth-order valence-electron chi connectivity index (χ4n) is 8.21. The molecule has 1 atom stereocenters. The lowest BCUT2D eigenvalue weighted by Crippen LogP contribution is -2.30. The third-order valence-electron chi connectivity index (χ3n) is 12.6. The first-order valence-electron chi connectivity index (χ1n) is 28.6. The third-order valence-corrected chi connectivity index (χ3v) is 12.6. The van der Waals surface area contributed by atoms with Crippen molar-refractivity contribution in [3.05, 3.63) is 48.6 Å². The number of allylic oxidation sites excluding steroid dienone is 8. The molecule has 6 heteroatoms. The van der Waals surface area contributed by atoms with Gasteiger partial charge >= 0.3 is 17.9 Å². The number of carbonyl (C=O) groups is 3. The van der Waals surface area contributed by atoms with Gasteiger partial charge in [0.15, 0.2) is 6.10 Å². The Morgan fingerprint density at radius 3 is 0.924 bits per heavy atom. The van der Waals surface area contributed by atoms with Gasteiger partial charge in [-0.05, 0) is 83.5 Å². The first kappa shape index (κ1) is 63.4. The largest absolute Gasteiger partial charge is 0.462 e. The van der Waals surface area contributed by atoms with Crippen LogP contribution in [0.1, 0.15) is 297 Å². The number of esters is 3. The highest BCUT2D eigenvalue weighted by atomic mass is 16.6. The third kappa shape index (κ3) is 52.3. The zero-order valence-electron chi connectivity index (χ0n) is 44.0. The molecule has 384 valence electrons. The molecule has 0 radical (unpaired) electrons. The normalized spacial score (nSPS) is 12.3. The average molecular weight is 926 g/mol. The summed E-state index contributed by atoms with van der Waals surface area (Å²) in [6, 6.07) is 0. The van der Waals surface area contributed by atoms with Crippen LogP contribution < -0.4 is 0 Å². The van der Waals surface area contributed by atoms with Gasteiger partial charge in [-0.3, -0.25) is 14.4 Å². The van der Waals surface area contributed by atoms with Gasteiger partial charge in [-0.1, -0.05) is 243 Å². The van der Waals surface area contributed by atoms with Gasteiger partial charge in [0.05, 0.1) is 0 Å². The quantitative estimate of drug-likeness (QED) is 0.0262. The second-order valence-corrected chi connectivity index (χ2v) is 19.2. The van der Waals surface area contributed by atoms with Gasteiger partial charge in [-0.2, -0.15) is 0 Å². The Balaban J connectivity index is 4.35. The Morgan fingerprint density at radius 1 is 0.303 bits per heavy atom. The van der Waals surface area contributed by atoms with Gasteiger partial charge in [-0.25, -0.2) is 0 Å². The van der Waals surface area contributed by atoms with E-state index in [-0.39, 0.29) is 31.1 Å². The maximum atomic E-state index is 12.8. The molecule has 0 fully saturated rings. The van der Waals surface area contributed by atoms with Gasteiger partial charge in [-0.15, -0.1) is 0 Å². The van der Waals surface area contributed by atoms with E-state index in [0.717, 1.165) is 70.6 Å². The fraction of sp³-hybridized carbons (Fsp3) is 0.817. The SMILES string of the molecule is CCCCC/C=C\C/C=C\C/C=C\CCCCC(=O)OC[C@H](COC(=O)CCCCCCCCCCCCCC)OC(=O)CCCCCCCCCCCCC/C=C\CCCCCCCC. The van der Waals surface area contributed by atoms with Crippen molar-refractivity contribution in [2.75, 3.05) is 13.2 Å². The summed E-state index contributed by atoms with van der Waals surface area (Å²) in [5, 5.41) is 0. The van der Waals surface area contributed by atoms with E-state index < -0.39 is 6.10 Å². The Morgan fingerprint density at radius 2 is 0.545 bits per heavy atom. The summed E-state index contributed by atoms with van der Waals surface area (Å²) >= 11 is 0. The molecular formula is C60H108O6. The molecular weight excluding hydrogens is 817 g/mol. The van der Waals surface area contributed by atoms with E-state index in [4.69, 9.17) is 14.2 Å². The molecule has 0 saturated carbocycles. The van der Waals surface area contributed by atoms with Crippen molar-refractivity contribution in [3.63, 3.8) is 0 Å². The molecule has 0 aliphatic carbocycles. The topological polar surface area (TPSA) is 78.9 Å². The van der Waals surface area contributed by atoms with Crippen LogP contribution in [0.2, 0.25) is 0 Å². The molecule has 0 aromatic rings. The van der Waals surface area contributed by atoms with Crippen molar-refractivity contribution in [2.24, 2.45) is 0 Å². The maximum Gasteiger partial charge on any atom is 0.306 e. The number of hydrogen-bond donors (Lipinski definition) is 0. The fourth-order valence-corrected chi connectivity index (χ4v) is 8.21. The van der Waals surface area contributed by atoms with Crippen molar-refractivity contribution >= 4 is 17.9 Å². The van der Waals surface area contributed by atoms with Gasteiger partial charge in [0, 0.05) is 19.3 Å². The van der Waals surface area contributed by atoms with Crippen LogP contribution in [0.15, 0.2) is 48.6 Å². The lowest BCUT2D eigenvalue weighted by Gasteiger charge is -2.18. The van der Waals surface area contributed by atoms with Crippen LogP contribution in [0.3, 0.4) is 0 Å². The highest BCUT2D eigenvalue weighted by Crippen LogP contribution is 2.16. The zero-order valence-corrected chi connectivity index (χ0v) is 44.0. The molecule has 0 aliphatic heterocycles. The van der Waals surface area contributed by atoms with E-state index in [0.29, 0.717) is 19.3 Å². The van der Waals surface area contributed by atoms with E-state index in [2.05, 4.69) is 69.4 Å². The predicted molar refractivity (Wildman–Crippen MR) is 284 cm³/mol. The highest BCUT2D eigenvalue weighted by molar-refractivity contribution is 5.71. The standard InChI is InChI=1S/C60H108O6/c1-4-7-10-13-16-19-22-25-27-28-29-30-31-32-34-36-39-42-45-48-51-54-60(63)66-57(55-64-58(61)52-49-46-43-40-37-24-21-18-15-12-9-6-3)56-65-59(62)53-50-47-44-41-38-35-33-26-23-20-17-14-11-8-5-2/h17,20,25-27,33,38,41,57H,4-16,18-19,21-24,28-32,34-37,39-40,42-56H2,1-3H3/b20-17-,27-25-,33-26-,41-38-/t57-/m0/s1. The number of ether oxygens (including phenoxy) is 3. The van der Waals surface area contributed by atoms with Crippen molar-refractivity contribution in [3.8, 4) is 0 Å². The molecule has 0 unspecified atom stereocenters. The number of carbonyl (C=O) groups excluding carboxylic acids is 3. The first-order valence-corrected chi connectivity index (χ1v) is 28.6. The summed E-state index contributed by atoms with van der Waals surface area (Å²) in [7, 11) is 0. The molecule has 6 nitrogen and oxygen atoms in total. The average Bonchev–Trinajstić information content (AvgIpc) is 3.31. The highest BCUT2D eigenvalue weighted by Gasteiger charge is 2.19. The summed E-state index contributed by atoms with van der Waals surface area (Å²) in [6.45, 7) is 6.60. The number of rotatable bonds is 52. The summed E-state index contributed by atoms with van der Waals surface area (Å²) in [6.07, 6.45) is 66.8. The van der Waals surface area contributed by atoms with Crippen LogP contribution in [-0.2, 0) is 28.6 Å². The summed E-state index contributed by atoms with van der Waals surface area (Å²) in [5.74, 6) is -0.911. The molecule has 0 heterocycles. The van der Waals surface area contributed by atoms with Crippen LogP contribution in [0.4, 0.5) is 0 Å². The minimum absolute atomic E-state index is 0.0824. The smallest absolute Gasteiger partial charge is 0.306 e. The van der Waals surface area contributed by atoms with Gasteiger partial charge in [0.2, 0.25) is 0 Å². The molecule has 0 N–H and O–H groups in total. The van der Waals surface area contributed by atoms with E-state index >= 15 is 0 Å². The molecule has 0 amide bonds. The lowest BCUT2D eigenvalue weighted by atomic mass is 10.0.